The maximum absolute atomic E-state index is 10.4. The third-order valence-corrected chi connectivity index (χ3v) is 4.46. The highest BCUT2D eigenvalue weighted by Gasteiger charge is 2.36. The molecule has 0 saturated carbocycles. The first kappa shape index (κ1) is 21.1. The van der Waals surface area contributed by atoms with Crippen molar-refractivity contribution < 1.29 is 30.0 Å². The molecule has 0 amide bonds. The Balaban J connectivity index is 2.19. The van der Waals surface area contributed by atoms with Gasteiger partial charge in [-0.2, -0.15) is 0 Å². The number of carboxylic acid groups (broad SMARTS) is 1. The van der Waals surface area contributed by atoms with Crippen LogP contribution in [0.1, 0.15) is 64.7 Å². The first-order valence-electron chi connectivity index (χ1n) is 9.03. The van der Waals surface area contributed by atoms with E-state index in [0.29, 0.717) is 19.3 Å². The van der Waals surface area contributed by atoms with Crippen LogP contribution in [-0.4, -0.2) is 56.9 Å². The summed E-state index contributed by atoms with van der Waals surface area (Å²) in [5, 5.41) is 38.1. The van der Waals surface area contributed by atoms with Crippen molar-refractivity contribution in [2.24, 2.45) is 0 Å². The molecule has 24 heavy (non-hydrogen) atoms. The highest BCUT2D eigenvalue weighted by Crippen LogP contribution is 2.27. The number of unbranched alkanes of at least 4 members (excludes halogenated alkanes) is 4. The van der Waals surface area contributed by atoms with Crippen LogP contribution in [0.5, 0.6) is 0 Å². The fourth-order valence-corrected chi connectivity index (χ4v) is 2.90. The van der Waals surface area contributed by atoms with E-state index in [9.17, 15) is 20.1 Å². The number of carbonyl (C=O) groups is 1. The zero-order valence-corrected chi connectivity index (χ0v) is 14.5. The van der Waals surface area contributed by atoms with E-state index in [1.54, 1.807) is 6.08 Å². The molecule has 5 atom stereocenters. The van der Waals surface area contributed by atoms with E-state index in [4.69, 9.17) is 9.84 Å². The minimum absolute atomic E-state index is 0.226. The molecule has 1 saturated heterocycles. The number of aliphatic hydroxyl groups is 3. The predicted octanol–water partition coefficient (Wildman–Crippen LogP) is 2.01. The number of ether oxygens (including phenoxy) is 1. The molecular weight excluding hydrogens is 312 g/mol. The molecule has 140 valence electrons. The molecule has 0 radical (unpaired) electrons. The van der Waals surface area contributed by atoms with E-state index in [2.05, 4.69) is 0 Å². The van der Waals surface area contributed by atoms with Gasteiger partial charge >= 0.3 is 5.97 Å². The van der Waals surface area contributed by atoms with Crippen molar-refractivity contribution in [1.82, 2.24) is 0 Å². The summed E-state index contributed by atoms with van der Waals surface area (Å²) in [6.45, 7) is 1.86. The van der Waals surface area contributed by atoms with Crippen LogP contribution in [0.3, 0.4) is 0 Å². The Morgan fingerprint density at radius 2 is 1.83 bits per heavy atom. The summed E-state index contributed by atoms with van der Waals surface area (Å²) in [5.41, 5.74) is 0. The quantitative estimate of drug-likeness (QED) is 0.319. The van der Waals surface area contributed by atoms with E-state index in [-0.39, 0.29) is 12.5 Å². The summed E-state index contributed by atoms with van der Waals surface area (Å²) in [4.78, 5) is 10.4. The van der Waals surface area contributed by atoms with Crippen molar-refractivity contribution in [2.45, 2.75) is 95.2 Å². The molecule has 0 bridgehead atoms. The molecule has 1 rings (SSSR count). The van der Waals surface area contributed by atoms with Crippen LogP contribution >= 0.6 is 0 Å². The first-order chi connectivity index (χ1) is 11.4. The van der Waals surface area contributed by atoms with Crippen LogP contribution in [0, 0.1) is 0 Å². The number of aliphatic carboxylic acids is 1. The van der Waals surface area contributed by atoms with Crippen molar-refractivity contribution in [2.75, 3.05) is 0 Å². The minimum Gasteiger partial charge on any atom is -0.481 e. The maximum Gasteiger partial charge on any atom is 0.303 e. The maximum atomic E-state index is 10.4. The lowest BCUT2D eigenvalue weighted by Gasteiger charge is -2.17. The lowest BCUT2D eigenvalue weighted by molar-refractivity contribution is -0.137. The summed E-state index contributed by atoms with van der Waals surface area (Å²) in [6.07, 6.45) is 6.93. The minimum atomic E-state index is -0.818. The van der Waals surface area contributed by atoms with E-state index in [1.807, 2.05) is 6.92 Å². The summed E-state index contributed by atoms with van der Waals surface area (Å²) in [5.74, 6) is -0.748. The van der Waals surface area contributed by atoms with Gasteiger partial charge < -0.3 is 25.2 Å². The van der Waals surface area contributed by atoms with Gasteiger partial charge in [0.2, 0.25) is 0 Å². The van der Waals surface area contributed by atoms with Crippen LogP contribution in [-0.2, 0) is 9.53 Å². The highest BCUT2D eigenvalue weighted by molar-refractivity contribution is 5.66. The molecule has 1 aliphatic heterocycles. The molecule has 0 aromatic rings. The van der Waals surface area contributed by atoms with Gasteiger partial charge in [-0.15, -0.1) is 0 Å². The molecule has 0 aromatic carbocycles. The van der Waals surface area contributed by atoms with Gasteiger partial charge in [-0.25, -0.2) is 0 Å². The van der Waals surface area contributed by atoms with Crippen molar-refractivity contribution >= 4 is 5.97 Å². The average Bonchev–Trinajstić information content (AvgIpc) is 2.92. The van der Waals surface area contributed by atoms with Gasteiger partial charge in [0.1, 0.15) is 0 Å². The second-order valence-electron chi connectivity index (χ2n) is 6.57. The zero-order chi connectivity index (χ0) is 17.9. The van der Waals surface area contributed by atoms with Gasteiger partial charge in [-0.1, -0.05) is 44.8 Å². The van der Waals surface area contributed by atoms with Gasteiger partial charge in [-0.05, 0) is 19.3 Å². The smallest absolute Gasteiger partial charge is 0.303 e. The van der Waals surface area contributed by atoms with Crippen LogP contribution in [0.15, 0.2) is 12.2 Å². The van der Waals surface area contributed by atoms with E-state index in [1.165, 1.54) is 6.08 Å². The number of aliphatic hydroxyl groups excluding tert-OH is 3. The first-order valence-corrected chi connectivity index (χ1v) is 9.03. The summed E-state index contributed by atoms with van der Waals surface area (Å²) in [7, 11) is 0. The molecule has 0 aliphatic carbocycles. The predicted molar refractivity (Wildman–Crippen MR) is 90.7 cm³/mol. The van der Waals surface area contributed by atoms with Gasteiger partial charge in [0.25, 0.3) is 0 Å². The second-order valence-corrected chi connectivity index (χ2v) is 6.57. The van der Waals surface area contributed by atoms with E-state index in [0.717, 1.165) is 32.1 Å². The molecule has 6 nitrogen and oxygen atoms in total. The Kier molecular flexibility index (Phi) is 10.2. The number of carboxylic acids is 1. The fourth-order valence-electron chi connectivity index (χ4n) is 2.90. The van der Waals surface area contributed by atoms with Crippen molar-refractivity contribution in [3.8, 4) is 0 Å². The second kappa shape index (κ2) is 11.6. The Labute approximate surface area is 144 Å². The van der Waals surface area contributed by atoms with Crippen molar-refractivity contribution in [1.29, 1.82) is 0 Å². The molecule has 4 N–H and O–H groups in total. The van der Waals surface area contributed by atoms with Crippen LogP contribution in [0.2, 0.25) is 0 Å². The fraction of sp³-hybridized carbons (Fsp3) is 0.833. The monoisotopic (exact) mass is 344 g/mol. The Hall–Kier alpha value is -0.950. The summed E-state index contributed by atoms with van der Waals surface area (Å²) >= 11 is 0. The molecule has 0 unspecified atom stereocenters. The summed E-state index contributed by atoms with van der Waals surface area (Å²) < 4.78 is 5.75. The Morgan fingerprint density at radius 1 is 1.17 bits per heavy atom. The number of hydrogen-bond acceptors (Lipinski definition) is 5. The summed E-state index contributed by atoms with van der Waals surface area (Å²) in [6, 6.07) is 0. The van der Waals surface area contributed by atoms with Crippen LogP contribution < -0.4 is 0 Å². The third kappa shape index (κ3) is 8.24. The number of rotatable bonds is 12. The standard InChI is InChI=1S/C18H32O6/c1-2-13(19)10-11-14(20)17-12-15(21)16(24-17)8-6-4-3-5-7-9-18(22)23/h10-11,13-17,19-21H,2-9,12H2,1H3,(H,22,23)/b11-10+/t13-,14-,15+,16+,17-/m1/s1. The van der Waals surface area contributed by atoms with Gasteiger partial charge in [0.05, 0.1) is 30.5 Å². The topological polar surface area (TPSA) is 107 Å². The molecular formula is C18H32O6. The van der Waals surface area contributed by atoms with Crippen molar-refractivity contribution in [3.05, 3.63) is 12.2 Å². The molecule has 1 aliphatic rings. The van der Waals surface area contributed by atoms with E-state index < -0.39 is 30.4 Å². The normalized spacial score (nSPS) is 26.8. The third-order valence-electron chi connectivity index (χ3n) is 4.46. The van der Waals surface area contributed by atoms with Crippen LogP contribution in [0.25, 0.3) is 0 Å². The lowest BCUT2D eigenvalue weighted by Crippen LogP contribution is -2.25. The average molecular weight is 344 g/mol. The largest absolute Gasteiger partial charge is 0.481 e. The molecule has 6 heteroatoms. The van der Waals surface area contributed by atoms with E-state index >= 15 is 0 Å². The molecule has 0 spiro atoms. The lowest BCUT2D eigenvalue weighted by atomic mass is 10.0. The molecule has 1 heterocycles. The SMILES string of the molecule is CC[C@@H](O)/C=C/[C@@H](O)[C@H]1C[C@H](O)[C@H](CCCCCCCC(=O)O)O1. The highest BCUT2D eigenvalue weighted by atomic mass is 16.5. The molecule has 1 fully saturated rings. The van der Waals surface area contributed by atoms with Crippen molar-refractivity contribution in [3.63, 3.8) is 0 Å². The Bertz CT molecular complexity index is 384. The van der Waals surface area contributed by atoms with Gasteiger partial charge in [0, 0.05) is 12.8 Å². The van der Waals surface area contributed by atoms with Gasteiger partial charge in [0.15, 0.2) is 0 Å². The zero-order valence-electron chi connectivity index (χ0n) is 14.5. The Morgan fingerprint density at radius 3 is 2.50 bits per heavy atom. The molecule has 0 aromatic heterocycles. The van der Waals surface area contributed by atoms with Crippen LogP contribution in [0.4, 0.5) is 0 Å². The number of hydrogen-bond donors (Lipinski definition) is 4. The van der Waals surface area contributed by atoms with Gasteiger partial charge in [-0.3, -0.25) is 4.79 Å².